The van der Waals surface area contributed by atoms with Crippen LogP contribution in [0.1, 0.15) is 24.1 Å². The lowest BCUT2D eigenvalue weighted by molar-refractivity contribution is -0.129. The van der Waals surface area contributed by atoms with Crippen LogP contribution in [0.25, 0.3) is 0 Å². The third kappa shape index (κ3) is 6.84. The fraction of sp³-hybridized carbons (Fsp3) is 0.310. The highest BCUT2D eigenvalue weighted by Crippen LogP contribution is 2.58. The average Bonchev–Trinajstić information content (AvgIpc) is 3.18. The topological polar surface area (TPSA) is 101 Å². The molecular weight excluding hydrogens is 548 g/mol. The molecule has 0 unspecified atom stereocenters. The summed E-state index contributed by atoms with van der Waals surface area (Å²) in [7, 11) is -2.93. The molecule has 210 valence electrons. The van der Waals surface area contributed by atoms with Gasteiger partial charge in [0.2, 0.25) is 11.1 Å². The molecular formula is C29H32N4O5S2. The lowest BCUT2D eigenvalue weighted by Gasteiger charge is -2.39. The fourth-order valence-corrected chi connectivity index (χ4v) is 7.87. The van der Waals surface area contributed by atoms with Crippen molar-refractivity contribution in [1.29, 1.82) is 0 Å². The van der Waals surface area contributed by atoms with Crippen LogP contribution in [-0.4, -0.2) is 77.0 Å². The minimum absolute atomic E-state index is 0.0588. The van der Waals surface area contributed by atoms with Gasteiger partial charge in [-0.25, -0.2) is 14.6 Å². The van der Waals surface area contributed by atoms with Crippen LogP contribution in [0.15, 0.2) is 88.9 Å². The monoisotopic (exact) mass is 580 g/mol. The number of hydrogen-bond donors (Lipinski definition) is 1. The van der Waals surface area contributed by atoms with Gasteiger partial charge in [-0.2, -0.15) is 11.8 Å². The molecule has 1 spiro atoms. The first kappa shape index (κ1) is 28.2. The largest absolute Gasteiger partial charge is 0.354 e. The molecule has 40 heavy (non-hydrogen) atoms. The van der Waals surface area contributed by atoms with Crippen LogP contribution in [0.4, 0.5) is 0 Å². The van der Waals surface area contributed by atoms with Gasteiger partial charge in [0, 0.05) is 63.3 Å². The molecule has 5 rings (SSSR count). The van der Waals surface area contributed by atoms with E-state index in [9.17, 15) is 14.4 Å². The van der Waals surface area contributed by atoms with Gasteiger partial charge in [0.1, 0.15) is 0 Å². The highest BCUT2D eigenvalue weighted by atomic mass is 32.3. The highest BCUT2D eigenvalue weighted by molar-refractivity contribution is 8.41. The second-order valence-corrected chi connectivity index (χ2v) is 12.7. The van der Waals surface area contributed by atoms with Gasteiger partial charge in [0.05, 0.1) is 17.1 Å². The quantitative estimate of drug-likeness (QED) is 0.471. The summed E-state index contributed by atoms with van der Waals surface area (Å²) >= 11 is 1.69. The second-order valence-electron chi connectivity index (χ2n) is 9.54. The van der Waals surface area contributed by atoms with E-state index in [1.54, 1.807) is 17.2 Å². The van der Waals surface area contributed by atoms with E-state index >= 15 is 0 Å². The van der Waals surface area contributed by atoms with Crippen molar-refractivity contribution in [3.8, 4) is 0 Å². The molecule has 2 aromatic rings. The van der Waals surface area contributed by atoms with Crippen molar-refractivity contribution < 1.29 is 22.7 Å². The number of hydrogen-bond acceptors (Lipinski definition) is 9. The standard InChI is InChI=1S/C29H32N4O5S2/c1-22(34)30-29-31-25(21-40(29)37-26(35)12-13-27(36)38-40)20-39-19-18-32-14-16-33(17-15-32)28(23-8-4-2-5-9-23)24-10-6-3-7-11-24/h2-13,21,28H,14-20H2,1H3,(H,30,31,34). The van der Waals surface area contributed by atoms with Gasteiger partial charge < -0.3 is 8.37 Å². The number of piperazine rings is 1. The summed E-state index contributed by atoms with van der Waals surface area (Å²) in [5, 5.41) is 4.20. The average molecular weight is 581 g/mol. The molecule has 1 N–H and O–H groups in total. The first-order valence-electron chi connectivity index (χ1n) is 13.1. The van der Waals surface area contributed by atoms with Crippen molar-refractivity contribution in [2.75, 3.05) is 44.2 Å². The fourth-order valence-electron chi connectivity index (χ4n) is 4.85. The molecule has 0 radical (unpaired) electrons. The first-order valence-corrected chi connectivity index (χ1v) is 15.8. The molecule has 3 aliphatic heterocycles. The zero-order valence-electron chi connectivity index (χ0n) is 22.2. The lowest BCUT2D eigenvalue weighted by Crippen LogP contribution is -2.48. The van der Waals surface area contributed by atoms with E-state index in [-0.39, 0.29) is 11.2 Å². The summed E-state index contributed by atoms with van der Waals surface area (Å²) in [6, 6.07) is 21.6. The number of nitrogens with one attached hydrogen (secondary N) is 1. The smallest absolute Gasteiger partial charge is 0.329 e. The van der Waals surface area contributed by atoms with Crippen molar-refractivity contribution >= 4 is 45.4 Å². The SMILES string of the molecule is CC(=O)NC1=NC(CSCCN2CCN(C(c3ccccc3)c3ccccc3)CC2)=CS12OC(=O)C=CC(=O)O2. The van der Waals surface area contributed by atoms with Crippen LogP contribution in [0.3, 0.4) is 0 Å². The number of carbonyl (C=O) groups excluding carboxylic acids is 3. The maximum Gasteiger partial charge on any atom is 0.354 e. The van der Waals surface area contributed by atoms with Gasteiger partial charge in [-0.1, -0.05) is 60.7 Å². The Hall–Kier alpha value is -3.38. The molecule has 0 aliphatic carbocycles. The van der Waals surface area contributed by atoms with Crippen LogP contribution in [0.2, 0.25) is 0 Å². The number of amidine groups is 1. The summed E-state index contributed by atoms with van der Waals surface area (Å²) in [6.45, 7) is 6.17. The number of aliphatic imine (C=N–C) groups is 1. The van der Waals surface area contributed by atoms with Crippen LogP contribution in [-0.2, 0) is 22.7 Å². The summed E-state index contributed by atoms with van der Waals surface area (Å²) in [4.78, 5) is 45.3. The number of thioether (sulfide) groups is 1. The molecule has 1 saturated heterocycles. The zero-order chi connectivity index (χ0) is 28.0. The van der Waals surface area contributed by atoms with E-state index in [2.05, 4.69) is 80.8 Å². The Balaban J connectivity index is 1.14. The maximum absolute atomic E-state index is 12.1. The van der Waals surface area contributed by atoms with Crippen molar-refractivity contribution in [2.24, 2.45) is 4.99 Å². The normalized spacial score (nSPS) is 19.9. The summed E-state index contributed by atoms with van der Waals surface area (Å²) < 4.78 is 10.9. The third-order valence-electron chi connectivity index (χ3n) is 6.66. The lowest BCUT2D eigenvalue weighted by atomic mass is 9.96. The van der Waals surface area contributed by atoms with E-state index in [4.69, 9.17) is 8.37 Å². The van der Waals surface area contributed by atoms with Crippen molar-refractivity contribution in [3.63, 3.8) is 0 Å². The van der Waals surface area contributed by atoms with E-state index in [0.717, 1.165) is 50.6 Å². The number of rotatable bonds is 8. The Kier molecular flexibility index (Phi) is 9.05. The molecule has 0 atom stereocenters. The third-order valence-corrected chi connectivity index (χ3v) is 9.77. The number of benzene rings is 2. The first-order chi connectivity index (χ1) is 19.4. The summed E-state index contributed by atoms with van der Waals surface area (Å²) in [5.74, 6) is -0.412. The molecule has 9 nitrogen and oxygen atoms in total. The summed E-state index contributed by atoms with van der Waals surface area (Å²) in [5.41, 5.74) is 3.22. The number of nitrogens with zero attached hydrogens (tertiary/aromatic N) is 3. The van der Waals surface area contributed by atoms with Gasteiger partial charge in [0.15, 0.2) is 0 Å². The van der Waals surface area contributed by atoms with Crippen LogP contribution >= 0.6 is 22.4 Å². The van der Waals surface area contributed by atoms with Gasteiger partial charge >= 0.3 is 11.9 Å². The maximum atomic E-state index is 12.1. The van der Waals surface area contributed by atoms with Gasteiger partial charge in [-0.05, 0) is 21.7 Å². The van der Waals surface area contributed by atoms with Gasteiger partial charge in [0.25, 0.3) is 0 Å². The predicted molar refractivity (Wildman–Crippen MR) is 158 cm³/mol. The van der Waals surface area contributed by atoms with E-state index < -0.39 is 28.4 Å². The van der Waals surface area contributed by atoms with Gasteiger partial charge in [-0.15, -0.1) is 0 Å². The molecule has 2 aromatic carbocycles. The Bertz CT molecular complexity index is 1260. The van der Waals surface area contributed by atoms with E-state index in [1.807, 2.05) is 0 Å². The van der Waals surface area contributed by atoms with E-state index in [0.29, 0.717) is 11.4 Å². The van der Waals surface area contributed by atoms with Crippen LogP contribution < -0.4 is 5.32 Å². The Morgan fingerprint density at radius 1 is 0.950 bits per heavy atom. The zero-order valence-corrected chi connectivity index (χ0v) is 23.9. The molecule has 1 amide bonds. The highest BCUT2D eigenvalue weighted by Gasteiger charge is 2.39. The molecule has 11 heteroatoms. The molecule has 3 heterocycles. The van der Waals surface area contributed by atoms with Crippen molar-refractivity contribution in [1.82, 2.24) is 15.1 Å². The van der Waals surface area contributed by atoms with Crippen LogP contribution in [0, 0.1) is 0 Å². The Labute approximate surface area is 240 Å². The Morgan fingerprint density at radius 2 is 1.52 bits per heavy atom. The molecule has 0 bridgehead atoms. The Morgan fingerprint density at radius 3 is 2.08 bits per heavy atom. The minimum atomic E-state index is -2.93. The van der Waals surface area contributed by atoms with Crippen molar-refractivity contribution in [2.45, 2.75) is 13.0 Å². The summed E-state index contributed by atoms with van der Waals surface area (Å²) in [6.07, 6.45) is 2.02. The second kappa shape index (κ2) is 12.9. The van der Waals surface area contributed by atoms with E-state index in [1.165, 1.54) is 18.1 Å². The number of carbonyl (C=O) groups is 3. The minimum Gasteiger partial charge on any atom is -0.329 e. The number of amides is 1. The molecule has 3 aliphatic rings. The predicted octanol–water partition coefficient (Wildman–Crippen LogP) is 3.76. The molecule has 0 aromatic heterocycles. The molecule has 0 saturated carbocycles. The molecule has 1 fully saturated rings. The van der Waals surface area contributed by atoms with Gasteiger partial charge in [-0.3, -0.25) is 19.9 Å². The van der Waals surface area contributed by atoms with Crippen molar-refractivity contribution in [3.05, 3.63) is 95.0 Å². The van der Waals surface area contributed by atoms with Crippen LogP contribution in [0.5, 0.6) is 0 Å².